The molecule has 3 nitrogen and oxygen atoms in total. The molecule has 3 heteroatoms. The quantitative estimate of drug-likeness (QED) is 0.594. The fraction of sp³-hybridized carbons (Fsp3) is 0.731. The number of fused-ring (bicyclic) bond motifs is 1. The third kappa shape index (κ3) is 5.63. The van der Waals surface area contributed by atoms with Crippen LogP contribution in [-0.2, 0) is 17.6 Å². The molecular weight excluding hydrogens is 356 g/mol. The molecule has 2 aliphatic rings. The molecule has 0 aromatic heterocycles. The van der Waals surface area contributed by atoms with Gasteiger partial charge in [0.15, 0.2) is 0 Å². The zero-order chi connectivity index (χ0) is 21.0. The number of carbonyl (C=O) groups excluding carboxylic acids is 1. The molecule has 1 aliphatic heterocycles. The van der Waals surface area contributed by atoms with Crippen molar-refractivity contribution in [3.8, 4) is 0 Å². The summed E-state index contributed by atoms with van der Waals surface area (Å²) in [4.78, 5) is 15.5. The molecule has 1 aromatic rings. The van der Waals surface area contributed by atoms with Crippen molar-refractivity contribution in [3.63, 3.8) is 0 Å². The summed E-state index contributed by atoms with van der Waals surface area (Å²) in [5.41, 5.74) is 10.1. The van der Waals surface area contributed by atoms with E-state index in [-0.39, 0.29) is 18.0 Å². The van der Waals surface area contributed by atoms with Gasteiger partial charge in [-0.05, 0) is 80.9 Å². The smallest absolute Gasteiger partial charge is 0.230 e. The third-order valence-electron chi connectivity index (χ3n) is 7.03. The first kappa shape index (κ1) is 22.3. The molecule has 1 fully saturated rings. The lowest BCUT2D eigenvalue weighted by atomic mass is 9.79. The lowest BCUT2D eigenvalue weighted by molar-refractivity contribution is -0.123. The van der Waals surface area contributed by atoms with E-state index in [9.17, 15) is 4.79 Å². The highest BCUT2D eigenvalue weighted by atomic mass is 16.2. The second kappa shape index (κ2) is 10.1. The van der Waals surface area contributed by atoms with E-state index in [1.54, 1.807) is 0 Å². The van der Waals surface area contributed by atoms with Crippen molar-refractivity contribution in [1.82, 2.24) is 0 Å². The highest BCUT2D eigenvalue weighted by Crippen LogP contribution is 2.38. The Labute approximate surface area is 178 Å². The largest absolute Gasteiger partial charge is 0.327 e. The van der Waals surface area contributed by atoms with Crippen LogP contribution in [0.25, 0.3) is 0 Å². The molecule has 2 atom stereocenters. The van der Waals surface area contributed by atoms with Gasteiger partial charge in [-0.3, -0.25) is 4.79 Å². The van der Waals surface area contributed by atoms with Crippen LogP contribution in [0.15, 0.2) is 18.2 Å². The Morgan fingerprint density at radius 2 is 1.93 bits per heavy atom. The van der Waals surface area contributed by atoms with Crippen molar-refractivity contribution in [3.05, 3.63) is 29.3 Å². The Hall–Kier alpha value is -1.35. The summed E-state index contributed by atoms with van der Waals surface area (Å²) in [6.07, 6.45) is 11.5. The summed E-state index contributed by atoms with van der Waals surface area (Å²) in [6, 6.07) is 7.17. The molecule has 0 bridgehead atoms. The first-order chi connectivity index (χ1) is 13.9. The van der Waals surface area contributed by atoms with E-state index >= 15 is 0 Å². The van der Waals surface area contributed by atoms with E-state index < -0.39 is 0 Å². The zero-order valence-electron chi connectivity index (χ0n) is 19.1. The monoisotopic (exact) mass is 398 g/mol. The van der Waals surface area contributed by atoms with Crippen molar-refractivity contribution in [2.24, 2.45) is 23.5 Å². The fourth-order valence-electron chi connectivity index (χ4n) is 5.53. The maximum absolute atomic E-state index is 13.4. The van der Waals surface area contributed by atoms with Gasteiger partial charge in [-0.1, -0.05) is 52.2 Å². The van der Waals surface area contributed by atoms with Crippen LogP contribution in [0.3, 0.4) is 0 Å². The van der Waals surface area contributed by atoms with Crippen LogP contribution in [-0.4, -0.2) is 18.0 Å². The normalized spacial score (nSPS) is 25.3. The molecule has 1 amide bonds. The molecule has 1 aliphatic carbocycles. The average Bonchev–Trinajstić information content (AvgIpc) is 3.00. The van der Waals surface area contributed by atoms with Crippen LogP contribution < -0.4 is 10.6 Å². The van der Waals surface area contributed by atoms with Crippen LogP contribution in [0, 0.1) is 17.8 Å². The van der Waals surface area contributed by atoms with Crippen molar-refractivity contribution in [2.45, 2.75) is 104 Å². The van der Waals surface area contributed by atoms with E-state index in [2.05, 4.69) is 50.8 Å². The topological polar surface area (TPSA) is 46.3 Å². The number of nitrogens with zero attached hydrogens (tertiary/aromatic N) is 1. The van der Waals surface area contributed by atoms with Crippen molar-refractivity contribution >= 4 is 11.6 Å². The second-order valence-electron chi connectivity index (χ2n) is 10.2. The van der Waals surface area contributed by atoms with Gasteiger partial charge in [-0.25, -0.2) is 0 Å². The number of nitrogens with two attached hydrogens (primary N) is 1. The van der Waals surface area contributed by atoms with Gasteiger partial charge in [0.2, 0.25) is 5.91 Å². The van der Waals surface area contributed by atoms with E-state index in [0.29, 0.717) is 11.8 Å². The standard InChI is InChI=1S/C26H42N2O/c1-5-6-7-20-8-11-22(12-9-20)26(29)28-19(4)15-23-16-21(10-13-25(23)28)17-24(27)14-18(2)3/h10,13,16,18-20,22,24H,5-9,11-12,14-15,17,27H2,1-4H3. The predicted molar refractivity (Wildman–Crippen MR) is 123 cm³/mol. The number of hydrogen-bond donors (Lipinski definition) is 1. The molecule has 2 unspecified atom stereocenters. The van der Waals surface area contributed by atoms with Crippen LogP contribution in [0.1, 0.15) is 90.2 Å². The van der Waals surface area contributed by atoms with E-state index in [4.69, 9.17) is 5.73 Å². The van der Waals surface area contributed by atoms with Crippen molar-refractivity contribution < 1.29 is 4.79 Å². The van der Waals surface area contributed by atoms with E-state index in [1.807, 2.05) is 0 Å². The minimum Gasteiger partial charge on any atom is -0.327 e. The maximum atomic E-state index is 13.4. The number of rotatable bonds is 8. The number of hydrogen-bond acceptors (Lipinski definition) is 2. The molecule has 1 heterocycles. The number of anilines is 1. The number of amides is 1. The molecule has 1 saturated carbocycles. The summed E-state index contributed by atoms with van der Waals surface area (Å²) >= 11 is 0. The predicted octanol–water partition coefficient (Wildman–Crippen LogP) is 5.88. The molecule has 0 radical (unpaired) electrons. The Morgan fingerprint density at radius 1 is 1.21 bits per heavy atom. The summed E-state index contributed by atoms with van der Waals surface area (Å²) in [7, 11) is 0. The zero-order valence-corrected chi connectivity index (χ0v) is 19.1. The maximum Gasteiger partial charge on any atom is 0.230 e. The fourth-order valence-corrected chi connectivity index (χ4v) is 5.53. The van der Waals surface area contributed by atoms with Gasteiger partial charge in [-0.15, -0.1) is 0 Å². The van der Waals surface area contributed by atoms with Gasteiger partial charge in [0.05, 0.1) is 0 Å². The molecule has 3 rings (SSSR count). The molecule has 162 valence electrons. The SMILES string of the molecule is CCCCC1CCC(C(=O)N2c3ccc(CC(N)CC(C)C)cc3CC2C)CC1. The lowest BCUT2D eigenvalue weighted by Crippen LogP contribution is -2.41. The van der Waals surface area contributed by atoms with Crippen molar-refractivity contribution in [1.29, 1.82) is 0 Å². The second-order valence-corrected chi connectivity index (χ2v) is 10.2. The van der Waals surface area contributed by atoms with Gasteiger partial charge in [0, 0.05) is 23.7 Å². The summed E-state index contributed by atoms with van der Waals surface area (Å²) < 4.78 is 0. The summed E-state index contributed by atoms with van der Waals surface area (Å²) in [6.45, 7) is 8.93. The molecule has 29 heavy (non-hydrogen) atoms. The minimum atomic E-state index is 0.215. The van der Waals surface area contributed by atoms with Gasteiger partial charge >= 0.3 is 0 Å². The minimum absolute atomic E-state index is 0.215. The molecular formula is C26H42N2O. The Morgan fingerprint density at radius 3 is 2.59 bits per heavy atom. The van der Waals surface area contributed by atoms with E-state index in [0.717, 1.165) is 43.7 Å². The Bertz CT molecular complexity index is 675. The van der Waals surface area contributed by atoms with Gasteiger partial charge in [0.1, 0.15) is 0 Å². The summed E-state index contributed by atoms with van der Waals surface area (Å²) in [5.74, 6) is 2.07. The van der Waals surface area contributed by atoms with Crippen LogP contribution in [0.4, 0.5) is 5.69 Å². The lowest BCUT2D eigenvalue weighted by Gasteiger charge is -2.32. The Kier molecular flexibility index (Phi) is 7.79. The van der Waals surface area contributed by atoms with Crippen molar-refractivity contribution in [2.75, 3.05) is 4.90 Å². The van der Waals surface area contributed by atoms with Gasteiger partial charge < -0.3 is 10.6 Å². The summed E-state index contributed by atoms with van der Waals surface area (Å²) in [5, 5.41) is 0. The molecule has 2 N–H and O–H groups in total. The highest BCUT2D eigenvalue weighted by Gasteiger charge is 2.36. The third-order valence-corrected chi connectivity index (χ3v) is 7.03. The van der Waals surface area contributed by atoms with E-state index in [1.165, 1.54) is 43.2 Å². The van der Waals surface area contributed by atoms with Gasteiger partial charge in [-0.2, -0.15) is 0 Å². The van der Waals surface area contributed by atoms with Crippen LogP contribution >= 0.6 is 0 Å². The van der Waals surface area contributed by atoms with Crippen LogP contribution in [0.2, 0.25) is 0 Å². The Balaban J connectivity index is 1.63. The first-order valence-corrected chi connectivity index (χ1v) is 12.1. The number of unbranched alkanes of at least 4 members (excludes halogenated alkanes) is 1. The average molecular weight is 399 g/mol. The molecule has 0 spiro atoms. The van der Waals surface area contributed by atoms with Gasteiger partial charge in [0.25, 0.3) is 0 Å². The number of benzene rings is 1. The molecule has 0 saturated heterocycles. The number of carbonyl (C=O) groups is 1. The molecule has 1 aromatic carbocycles. The van der Waals surface area contributed by atoms with Crippen LogP contribution in [0.5, 0.6) is 0 Å². The first-order valence-electron chi connectivity index (χ1n) is 12.1. The highest BCUT2D eigenvalue weighted by molar-refractivity contribution is 5.97.